The molecule has 2 aromatic rings. The average Bonchev–Trinajstić information content (AvgIpc) is 2.92. The highest BCUT2D eigenvalue weighted by Gasteiger charge is 2.20. The number of nitrogens with zero attached hydrogens (tertiary/aromatic N) is 1. The molecule has 4 heteroatoms. The highest BCUT2D eigenvalue weighted by molar-refractivity contribution is 5.59. The number of hydrogen-bond acceptors (Lipinski definition) is 4. The molecule has 1 atom stereocenters. The highest BCUT2D eigenvalue weighted by atomic mass is 16.5. The molecule has 0 amide bonds. The predicted octanol–water partition coefficient (Wildman–Crippen LogP) is 3.05. The lowest BCUT2D eigenvalue weighted by Crippen LogP contribution is -2.40. The van der Waals surface area contributed by atoms with Crippen LogP contribution in [-0.4, -0.2) is 25.7 Å². The van der Waals surface area contributed by atoms with Crippen molar-refractivity contribution in [2.45, 2.75) is 25.9 Å². The van der Waals surface area contributed by atoms with Crippen molar-refractivity contribution < 1.29 is 9.15 Å². The Hall–Kier alpha value is -1.94. The van der Waals surface area contributed by atoms with Crippen LogP contribution in [0.4, 0.5) is 5.69 Å². The molecule has 0 saturated heterocycles. The summed E-state index contributed by atoms with van der Waals surface area (Å²) >= 11 is 0. The van der Waals surface area contributed by atoms with E-state index in [0.29, 0.717) is 6.04 Å². The van der Waals surface area contributed by atoms with E-state index in [2.05, 4.69) is 35.3 Å². The van der Waals surface area contributed by atoms with E-state index >= 15 is 0 Å². The first kappa shape index (κ1) is 14.0. The first-order chi connectivity index (χ1) is 10.3. The fourth-order valence-electron chi connectivity index (χ4n) is 2.74. The van der Waals surface area contributed by atoms with Crippen molar-refractivity contribution in [1.82, 2.24) is 5.32 Å². The molecular formula is C17H22N2O2. The van der Waals surface area contributed by atoms with Gasteiger partial charge >= 0.3 is 0 Å². The zero-order valence-electron chi connectivity index (χ0n) is 12.4. The van der Waals surface area contributed by atoms with Crippen LogP contribution in [0, 0.1) is 0 Å². The lowest BCUT2D eigenvalue weighted by Gasteiger charge is -2.30. The van der Waals surface area contributed by atoms with Crippen molar-refractivity contribution >= 4 is 5.69 Å². The summed E-state index contributed by atoms with van der Waals surface area (Å²) < 4.78 is 11.2. The Morgan fingerprint density at radius 2 is 2.14 bits per heavy atom. The molecule has 2 heterocycles. The first-order valence-corrected chi connectivity index (χ1v) is 7.56. The van der Waals surface area contributed by atoms with Crippen molar-refractivity contribution in [2.24, 2.45) is 0 Å². The molecule has 3 rings (SSSR count). The summed E-state index contributed by atoms with van der Waals surface area (Å²) in [6.07, 6.45) is 2.76. The van der Waals surface area contributed by atoms with Gasteiger partial charge in [-0.15, -0.1) is 0 Å². The third-order valence-corrected chi connectivity index (χ3v) is 3.83. The van der Waals surface area contributed by atoms with Crippen LogP contribution in [0.15, 0.2) is 47.1 Å². The van der Waals surface area contributed by atoms with Gasteiger partial charge < -0.3 is 19.4 Å². The van der Waals surface area contributed by atoms with Crippen LogP contribution in [0.5, 0.6) is 5.75 Å². The van der Waals surface area contributed by atoms with Gasteiger partial charge in [-0.3, -0.25) is 0 Å². The molecule has 1 aromatic carbocycles. The summed E-state index contributed by atoms with van der Waals surface area (Å²) in [6.45, 7) is 5.75. The van der Waals surface area contributed by atoms with E-state index in [0.717, 1.165) is 44.2 Å². The van der Waals surface area contributed by atoms with Crippen LogP contribution in [0.25, 0.3) is 0 Å². The number of benzene rings is 1. The van der Waals surface area contributed by atoms with E-state index in [-0.39, 0.29) is 0 Å². The molecular weight excluding hydrogens is 264 g/mol. The number of furan rings is 1. The van der Waals surface area contributed by atoms with Crippen molar-refractivity contribution in [3.05, 3.63) is 48.4 Å². The molecule has 1 aliphatic heterocycles. The number of anilines is 1. The summed E-state index contributed by atoms with van der Waals surface area (Å²) in [5, 5.41) is 3.46. The number of rotatable bonds is 5. The third-order valence-electron chi connectivity index (χ3n) is 3.83. The van der Waals surface area contributed by atoms with Crippen LogP contribution in [0.1, 0.15) is 19.1 Å². The van der Waals surface area contributed by atoms with Crippen LogP contribution < -0.4 is 15.0 Å². The fraction of sp³-hybridized carbons (Fsp3) is 0.412. The monoisotopic (exact) mass is 286 g/mol. The van der Waals surface area contributed by atoms with Gasteiger partial charge in [0.2, 0.25) is 0 Å². The van der Waals surface area contributed by atoms with Crippen molar-refractivity contribution in [2.75, 3.05) is 24.6 Å². The molecule has 1 unspecified atom stereocenters. The Bertz CT molecular complexity index is 554. The number of hydrogen-bond donors (Lipinski definition) is 1. The Kier molecular flexibility index (Phi) is 4.46. The smallest absolute Gasteiger partial charge is 0.142 e. The second-order valence-corrected chi connectivity index (χ2v) is 5.42. The van der Waals surface area contributed by atoms with Gasteiger partial charge in [0.05, 0.1) is 25.1 Å². The summed E-state index contributed by atoms with van der Waals surface area (Å²) in [5.41, 5.74) is 1.20. The molecule has 0 saturated carbocycles. The van der Waals surface area contributed by atoms with Gasteiger partial charge in [0.1, 0.15) is 11.5 Å². The molecule has 0 bridgehead atoms. The number of para-hydroxylation sites is 2. The standard InChI is InChI=1S/C17H22N2O2/c1-14(12-18-13-15-6-4-10-20-15)19-9-5-11-21-17-8-3-2-7-16(17)19/h2-4,6-8,10,14,18H,5,9,11-13H2,1H3. The van der Waals surface area contributed by atoms with E-state index in [1.165, 1.54) is 5.69 Å². The quantitative estimate of drug-likeness (QED) is 0.916. The predicted molar refractivity (Wildman–Crippen MR) is 83.8 cm³/mol. The van der Waals surface area contributed by atoms with Gasteiger partial charge in [0.15, 0.2) is 0 Å². The third kappa shape index (κ3) is 3.39. The van der Waals surface area contributed by atoms with Crippen LogP contribution >= 0.6 is 0 Å². The van der Waals surface area contributed by atoms with Gasteiger partial charge in [-0.25, -0.2) is 0 Å². The molecule has 0 spiro atoms. The van der Waals surface area contributed by atoms with Gasteiger partial charge in [-0.2, -0.15) is 0 Å². The number of nitrogens with one attached hydrogen (secondary N) is 1. The van der Waals surface area contributed by atoms with Crippen LogP contribution in [-0.2, 0) is 6.54 Å². The Labute approximate surface area is 125 Å². The summed E-state index contributed by atoms with van der Waals surface area (Å²) in [6, 6.07) is 12.6. The van der Waals surface area contributed by atoms with Gasteiger partial charge in [-0.05, 0) is 37.6 Å². The molecule has 112 valence electrons. The minimum Gasteiger partial charge on any atom is -0.491 e. The number of ether oxygens (including phenoxy) is 1. The molecule has 0 fully saturated rings. The topological polar surface area (TPSA) is 37.6 Å². The van der Waals surface area contributed by atoms with Crippen molar-refractivity contribution in [3.8, 4) is 5.75 Å². The maximum absolute atomic E-state index is 5.82. The second kappa shape index (κ2) is 6.68. The molecule has 0 aliphatic carbocycles. The van der Waals surface area contributed by atoms with Crippen LogP contribution in [0.3, 0.4) is 0 Å². The summed E-state index contributed by atoms with van der Waals surface area (Å²) in [4.78, 5) is 2.43. The Morgan fingerprint density at radius 3 is 3.00 bits per heavy atom. The first-order valence-electron chi connectivity index (χ1n) is 7.56. The minimum atomic E-state index is 0.405. The SMILES string of the molecule is CC(CNCc1ccco1)N1CCCOc2ccccc21. The molecule has 21 heavy (non-hydrogen) atoms. The molecule has 4 nitrogen and oxygen atoms in total. The van der Waals surface area contributed by atoms with Crippen molar-refractivity contribution in [1.29, 1.82) is 0 Å². The summed E-state index contributed by atoms with van der Waals surface area (Å²) in [7, 11) is 0. The fourth-order valence-corrected chi connectivity index (χ4v) is 2.74. The zero-order valence-corrected chi connectivity index (χ0v) is 12.4. The summed E-state index contributed by atoms with van der Waals surface area (Å²) in [5.74, 6) is 1.97. The molecule has 0 radical (unpaired) electrons. The van der Waals surface area contributed by atoms with E-state index < -0.39 is 0 Å². The molecule has 1 N–H and O–H groups in total. The minimum absolute atomic E-state index is 0.405. The normalized spacial score (nSPS) is 16.0. The maximum atomic E-state index is 5.82. The maximum Gasteiger partial charge on any atom is 0.142 e. The highest BCUT2D eigenvalue weighted by Crippen LogP contribution is 2.31. The van der Waals surface area contributed by atoms with E-state index in [9.17, 15) is 0 Å². The zero-order chi connectivity index (χ0) is 14.5. The lowest BCUT2D eigenvalue weighted by molar-refractivity contribution is 0.322. The van der Waals surface area contributed by atoms with Crippen molar-refractivity contribution in [3.63, 3.8) is 0 Å². The Morgan fingerprint density at radius 1 is 1.24 bits per heavy atom. The van der Waals surface area contributed by atoms with E-state index in [1.807, 2.05) is 18.2 Å². The second-order valence-electron chi connectivity index (χ2n) is 5.42. The largest absolute Gasteiger partial charge is 0.491 e. The van der Waals surface area contributed by atoms with Gasteiger partial charge in [-0.1, -0.05) is 12.1 Å². The average molecular weight is 286 g/mol. The Balaban J connectivity index is 1.62. The molecule has 1 aliphatic rings. The molecule has 1 aromatic heterocycles. The van der Waals surface area contributed by atoms with E-state index in [4.69, 9.17) is 9.15 Å². The van der Waals surface area contributed by atoms with Gasteiger partial charge in [0.25, 0.3) is 0 Å². The van der Waals surface area contributed by atoms with Crippen LogP contribution in [0.2, 0.25) is 0 Å². The van der Waals surface area contributed by atoms with E-state index in [1.54, 1.807) is 6.26 Å². The lowest BCUT2D eigenvalue weighted by atomic mass is 10.2. The van der Waals surface area contributed by atoms with Gasteiger partial charge in [0, 0.05) is 19.1 Å². The number of fused-ring (bicyclic) bond motifs is 1.